The second-order valence-corrected chi connectivity index (χ2v) is 3.44. The second-order valence-electron chi connectivity index (χ2n) is 3.44. The molecule has 1 aromatic heterocycles. The van der Waals surface area contributed by atoms with Crippen LogP contribution in [0.1, 0.15) is 25.8 Å². The van der Waals surface area contributed by atoms with Crippen LogP contribution in [0.25, 0.3) is 0 Å². The lowest BCUT2D eigenvalue weighted by Gasteiger charge is -2.26. The molecule has 1 saturated heterocycles. The largest absolute Gasteiger partial charge is 0.378 e. The lowest BCUT2D eigenvalue weighted by molar-refractivity contribution is 0.00348. The highest BCUT2D eigenvalue weighted by atomic mass is 16.5. The highest BCUT2D eigenvalue weighted by Gasteiger charge is 2.21. The third-order valence-corrected chi connectivity index (χ3v) is 2.36. The van der Waals surface area contributed by atoms with Crippen molar-refractivity contribution in [2.75, 3.05) is 12.3 Å². The Morgan fingerprint density at radius 3 is 3.15 bits per heavy atom. The lowest BCUT2D eigenvalue weighted by atomic mass is 10.1. The first-order valence-corrected chi connectivity index (χ1v) is 4.54. The van der Waals surface area contributed by atoms with Gasteiger partial charge in [-0.15, -0.1) is 5.10 Å². The molecule has 0 spiro atoms. The Hall–Kier alpha value is -1.10. The number of nitrogens with two attached hydrogens (primary N) is 1. The van der Waals surface area contributed by atoms with Crippen LogP contribution >= 0.6 is 0 Å². The molecule has 1 fully saturated rings. The molecule has 13 heavy (non-hydrogen) atoms. The summed E-state index contributed by atoms with van der Waals surface area (Å²) >= 11 is 0. The van der Waals surface area contributed by atoms with Crippen LogP contribution in [-0.4, -0.2) is 27.5 Å². The first-order chi connectivity index (χ1) is 6.25. The highest BCUT2D eigenvalue weighted by Crippen LogP contribution is 2.23. The van der Waals surface area contributed by atoms with Crippen molar-refractivity contribution < 1.29 is 4.74 Å². The van der Waals surface area contributed by atoms with E-state index in [9.17, 15) is 0 Å². The van der Waals surface area contributed by atoms with Crippen molar-refractivity contribution in [3.8, 4) is 0 Å². The monoisotopic (exact) mass is 182 g/mol. The molecule has 2 unspecified atom stereocenters. The predicted molar refractivity (Wildman–Crippen MR) is 48.1 cm³/mol. The highest BCUT2D eigenvalue weighted by molar-refractivity contribution is 5.09. The van der Waals surface area contributed by atoms with Gasteiger partial charge in [-0.2, -0.15) is 0 Å². The van der Waals surface area contributed by atoms with Crippen molar-refractivity contribution in [3.05, 3.63) is 6.33 Å². The van der Waals surface area contributed by atoms with Gasteiger partial charge in [-0.1, -0.05) is 0 Å². The maximum absolute atomic E-state index is 5.45. The van der Waals surface area contributed by atoms with E-state index in [1.54, 1.807) is 6.33 Å². The molecular weight excluding hydrogens is 168 g/mol. The standard InChI is InChI=1S/C8H14N4O/c1-6-4-7(2-3-13-6)12-5-10-8(9)11-12/h5-7H,2-4H2,1H3,(H2,9,11). The predicted octanol–water partition coefficient (Wildman–Crippen LogP) is 0.600. The van der Waals surface area contributed by atoms with E-state index in [4.69, 9.17) is 10.5 Å². The van der Waals surface area contributed by atoms with Gasteiger partial charge in [0, 0.05) is 6.61 Å². The van der Waals surface area contributed by atoms with Crippen molar-refractivity contribution in [3.63, 3.8) is 0 Å². The van der Waals surface area contributed by atoms with Gasteiger partial charge in [-0.25, -0.2) is 9.67 Å². The Kier molecular flexibility index (Phi) is 2.18. The van der Waals surface area contributed by atoms with Crippen LogP contribution in [0.3, 0.4) is 0 Å². The third-order valence-electron chi connectivity index (χ3n) is 2.36. The topological polar surface area (TPSA) is 66.0 Å². The van der Waals surface area contributed by atoms with E-state index in [0.717, 1.165) is 19.4 Å². The maximum atomic E-state index is 5.45. The average molecular weight is 182 g/mol. The van der Waals surface area contributed by atoms with E-state index in [1.165, 1.54) is 0 Å². The molecule has 2 N–H and O–H groups in total. The van der Waals surface area contributed by atoms with E-state index in [0.29, 0.717) is 18.1 Å². The quantitative estimate of drug-likeness (QED) is 0.690. The molecule has 0 bridgehead atoms. The van der Waals surface area contributed by atoms with E-state index < -0.39 is 0 Å². The Morgan fingerprint density at radius 2 is 2.54 bits per heavy atom. The van der Waals surface area contributed by atoms with E-state index >= 15 is 0 Å². The number of nitrogens with zero attached hydrogens (tertiary/aromatic N) is 3. The van der Waals surface area contributed by atoms with Gasteiger partial charge in [-0.3, -0.25) is 0 Å². The molecule has 5 nitrogen and oxygen atoms in total. The summed E-state index contributed by atoms with van der Waals surface area (Å²) in [5, 5.41) is 4.10. The molecule has 0 amide bonds. The number of hydrogen-bond acceptors (Lipinski definition) is 4. The molecule has 0 aromatic carbocycles. The number of aromatic nitrogens is 3. The fourth-order valence-electron chi connectivity index (χ4n) is 1.68. The fraction of sp³-hybridized carbons (Fsp3) is 0.750. The molecule has 72 valence electrons. The summed E-state index contributed by atoms with van der Waals surface area (Å²) in [6.07, 6.45) is 3.98. The number of ether oxygens (including phenoxy) is 1. The van der Waals surface area contributed by atoms with E-state index in [-0.39, 0.29) is 0 Å². The maximum Gasteiger partial charge on any atom is 0.239 e. The van der Waals surface area contributed by atoms with Crippen LogP contribution in [-0.2, 0) is 4.74 Å². The second kappa shape index (κ2) is 3.33. The summed E-state index contributed by atoms with van der Waals surface area (Å²) in [5.74, 6) is 0.346. The van der Waals surface area contributed by atoms with E-state index in [2.05, 4.69) is 17.0 Å². The number of nitrogen functional groups attached to an aromatic ring is 1. The molecule has 1 aliphatic heterocycles. The molecule has 0 aliphatic carbocycles. The SMILES string of the molecule is CC1CC(n2cnc(N)n2)CCO1. The zero-order chi connectivity index (χ0) is 9.26. The molecule has 1 aliphatic rings. The van der Waals surface area contributed by atoms with E-state index in [1.807, 2.05) is 4.68 Å². The van der Waals surface area contributed by atoms with Gasteiger partial charge in [0.2, 0.25) is 5.95 Å². The number of rotatable bonds is 1. The summed E-state index contributed by atoms with van der Waals surface area (Å²) in [7, 11) is 0. The average Bonchev–Trinajstić information content (AvgIpc) is 2.52. The smallest absolute Gasteiger partial charge is 0.239 e. The Morgan fingerprint density at radius 1 is 1.69 bits per heavy atom. The molecule has 1 aromatic rings. The van der Waals surface area contributed by atoms with Gasteiger partial charge in [0.25, 0.3) is 0 Å². The molecule has 2 rings (SSSR count). The molecule has 0 radical (unpaired) electrons. The van der Waals surface area contributed by atoms with Crippen LogP contribution < -0.4 is 5.73 Å². The van der Waals surface area contributed by atoms with Gasteiger partial charge in [-0.05, 0) is 19.8 Å². The van der Waals surface area contributed by atoms with Crippen molar-refractivity contribution in [1.82, 2.24) is 14.8 Å². The Balaban J connectivity index is 2.08. The number of anilines is 1. The minimum absolute atomic E-state index is 0.309. The van der Waals surface area contributed by atoms with Crippen molar-refractivity contribution in [1.29, 1.82) is 0 Å². The Labute approximate surface area is 76.9 Å². The zero-order valence-corrected chi connectivity index (χ0v) is 7.68. The minimum Gasteiger partial charge on any atom is -0.378 e. The molecule has 0 saturated carbocycles. The van der Waals surface area contributed by atoms with Gasteiger partial charge in [0.1, 0.15) is 6.33 Å². The zero-order valence-electron chi connectivity index (χ0n) is 7.68. The van der Waals surface area contributed by atoms with Crippen molar-refractivity contribution in [2.24, 2.45) is 0 Å². The Bertz CT molecular complexity index is 285. The van der Waals surface area contributed by atoms with Crippen LogP contribution in [0.15, 0.2) is 6.33 Å². The molecule has 2 heterocycles. The molecular formula is C8H14N4O. The van der Waals surface area contributed by atoms with Gasteiger partial charge in [0.15, 0.2) is 0 Å². The van der Waals surface area contributed by atoms with Gasteiger partial charge in [0.05, 0.1) is 12.1 Å². The normalized spacial score (nSPS) is 29.0. The number of hydrogen-bond donors (Lipinski definition) is 1. The van der Waals surface area contributed by atoms with Crippen LogP contribution in [0.2, 0.25) is 0 Å². The lowest BCUT2D eigenvalue weighted by Crippen LogP contribution is -2.25. The summed E-state index contributed by atoms with van der Waals surface area (Å²) in [5.41, 5.74) is 5.45. The first kappa shape index (κ1) is 8.50. The summed E-state index contributed by atoms with van der Waals surface area (Å²) in [6.45, 7) is 2.87. The van der Waals surface area contributed by atoms with Crippen molar-refractivity contribution in [2.45, 2.75) is 31.9 Å². The van der Waals surface area contributed by atoms with Crippen LogP contribution in [0.4, 0.5) is 5.95 Å². The fourth-order valence-corrected chi connectivity index (χ4v) is 1.68. The third kappa shape index (κ3) is 1.80. The van der Waals surface area contributed by atoms with Gasteiger partial charge < -0.3 is 10.5 Å². The summed E-state index contributed by atoms with van der Waals surface area (Å²) in [4.78, 5) is 3.91. The first-order valence-electron chi connectivity index (χ1n) is 4.54. The summed E-state index contributed by atoms with van der Waals surface area (Å²) < 4.78 is 7.29. The van der Waals surface area contributed by atoms with Crippen LogP contribution in [0, 0.1) is 0 Å². The molecule has 2 atom stereocenters. The van der Waals surface area contributed by atoms with Crippen molar-refractivity contribution >= 4 is 5.95 Å². The molecule has 5 heteroatoms. The minimum atomic E-state index is 0.309. The van der Waals surface area contributed by atoms with Gasteiger partial charge >= 0.3 is 0 Å². The van der Waals surface area contributed by atoms with Crippen LogP contribution in [0.5, 0.6) is 0 Å². The summed E-state index contributed by atoms with van der Waals surface area (Å²) in [6, 6.07) is 0.397.